The molecule has 6 heteroatoms. The third-order valence-corrected chi connectivity index (χ3v) is 8.38. The molecule has 0 aliphatic carbocycles. The molecule has 0 unspecified atom stereocenters. The normalized spacial score (nSPS) is 22.0. The van der Waals surface area contributed by atoms with Gasteiger partial charge in [-0.05, 0) is 34.6 Å². The summed E-state index contributed by atoms with van der Waals surface area (Å²) in [6.45, 7) is 6.61. The van der Waals surface area contributed by atoms with E-state index >= 15 is 0 Å². The van der Waals surface area contributed by atoms with Crippen molar-refractivity contribution < 1.29 is 29.9 Å². The first-order valence-electron chi connectivity index (χ1n) is 15.4. The third-order valence-electron chi connectivity index (χ3n) is 8.38. The smallest absolute Gasteiger partial charge is 0.179 e. The molecular formula is C36H31N4OPt-. The van der Waals surface area contributed by atoms with Gasteiger partial charge in [0, 0.05) is 62.1 Å². The van der Waals surface area contributed by atoms with E-state index in [4.69, 9.17) is 8.85 Å². The van der Waals surface area contributed by atoms with Gasteiger partial charge in [-0.25, -0.2) is 4.98 Å². The molecule has 1 fully saturated rings. The summed E-state index contributed by atoms with van der Waals surface area (Å²) < 4.78 is 33.9. The summed E-state index contributed by atoms with van der Waals surface area (Å²) in [7, 11) is 0. The van der Waals surface area contributed by atoms with Gasteiger partial charge in [-0.2, -0.15) is 12.1 Å². The van der Waals surface area contributed by atoms with Crippen LogP contribution in [0.3, 0.4) is 0 Å². The first-order valence-corrected chi connectivity index (χ1v) is 13.9. The molecule has 0 N–H and O–H groups in total. The van der Waals surface area contributed by atoms with Gasteiger partial charge in [-0.3, -0.25) is 0 Å². The van der Waals surface area contributed by atoms with E-state index in [1.807, 2.05) is 67.3 Å². The molecule has 4 aromatic carbocycles. The van der Waals surface area contributed by atoms with Crippen molar-refractivity contribution in [1.82, 2.24) is 18.5 Å². The molecule has 0 saturated carbocycles. The van der Waals surface area contributed by atoms with Crippen LogP contribution in [0.2, 0.25) is 0 Å². The molecule has 3 aliphatic heterocycles. The largest absolute Gasteiger partial charge is 0.509 e. The van der Waals surface area contributed by atoms with E-state index in [-0.39, 0.29) is 31.0 Å². The molecule has 212 valence electrons. The van der Waals surface area contributed by atoms with Gasteiger partial charge in [-0.1, -0.05) is 62.7 Å². The second-order valence-corrected chi connectivity index (χ2v) is 12.1. The maximum Gasteiger partial charge on any atom is 0.179 e. The summed E-state index contributed by atoms with van der Waals surface area (Å²) in [6.07, 6.45) is 1.79. The summed E-state index contributed by atoms with van der Waals surface area (Å²) in [4.78, 5) is 4.61. The molecule has 9 rings (SSSR count). The van der Waals surface area contributed by atoms with E-state index in [1.165, 1.54) is 0 Å². The van der Waals surface area contributed by atoms with Crippen LogP contribution >= 0.6 is 0 Å². The van der Waals surface area contributed by atoms with E-state index in [9.17, 15) is 0 Å². The van der Waals surface area contributed by atoms with E-state index < -0.39 is 6.98 Å². The zero-order valence-electron chi connectivity index (χ0n) is 26.5. The van der Waals surface area contributed by atoms with Crippen LogP contribution in [0.25, 0.3) is 27.6 Å². The van der Waals surface area contributed by atoms with Gasteiger partial charge < -0.3 is 18.3 Å². The molecule has 0 radical (unpaired) electrons. The summed E-state index contributed by atoms with van der Waals surface area (Å²) >= 11 is 0. The molecule has 0 amide bonds. The topological polar surface area (TPSA) is 27.1 Å². The van der Waals surface area contributed by atoms with Crippen molar-refractivity contribution in [3.63, 3.8) is 0 Å². The summed E-state index contributed by atoms with van der Waals surface area (Å²) in [5.41, 5.74) is 5.65. The number of nitrogens with zero attached hydrogens (tertiary/aromatic N) is 4. The number of rotatable bonds is 4. The molecule has 2 atom stereocenters. The fraction of sp³-hybridized carbons (Fsp3) is 0.167. The first-order chi connectivity index (χ1) is 21.0. The average Bonchev–Trinajstić information content (AvgIpc) is 3.58. The number of benzene rings is 4. The van der Waals surface area contributed by atoms with Crippen LogP contribution < -0.4 is 13.7 Å². The molecule has 2 aromatic heterocycles. The Labute approximate surface area is 265 Å². The maximum atomic E-state index is 8.42. The van der Waals surface area contributed by atoms with Crippen molar-refractivity contribution in [2.75, 3.05) is 13.6 Å². The molecule has 5 nitrogen and oxygen atoms in total. The Morgan fingerprint density at radius 3 is 2.48 bits per heavy atom. The Morgan fingerprint density at radius 1 is 0.881 bits per heavy atom. The maximum absolute atomic E-state index is 8.42. The molecular weight excluding hydrogens is 700 g/mol. The minimum Gasteiger partial charge on any atom is -0.509 e. The third kappa shape index (κ3) is 3.91. The number of fused-ring (bicyclic) bond motifs is 3. The van der Waals surface area contributed by atoms with Crippen LogP contribution in [-0.4, -0.2) is 23.2 Å². The predicted molar refractivity (Wildman–Crippen MR) is 166 cm³/mol. The van der Waals surface area contributed by atoms with E-state index in [2.05, 4.69) is 72.8 Å². The van der Waals surface area contributed by atoms with Crippen molar-refractivity contribution in [1.29, 1.82) is 0 Å². The Hall–Kier alpha value is -3.76. The Morgan fingerprint density at radius 2 is 1.69 bits per heavy atom. The summed E-state index contributed by atoms with van der Waals surface area (Å²) in [5.74, 6) is 1.91. The van der Waals surface area contributed by atoms with E-state index in [0.29, 0.717) is 22.7 Å². The molecule has 42 heavy (non-hydrogen) atoms. The van der Waals surface area contributed by atoms with Crippen molar-refractivity contribution >= 4 is 38.9 Å². The standard InChI is InChI=1S/C36H31N4O.Pt/c1-36(2,3)25-15-18-33-34(20-25)40(23-39(33,4)24-40)26-10-9-11-27(21-26)41-28-16-17-30-29-12-5-6-13-31(29)38(32(30)22-28)35-14-7-8-19-37-35;/h5-20,23H,24H2,1-4H3;/q-1;/t39-,40+;/m0./s1/i4D3;. The van der Waals surface area contributed by atoms with Crippen LogP contribution in [0.1, 0.15) is 30.4 Å². The number of pyridine rings is 1. The van der Waals surface area contributed by atoms with E-state index in [1.54, 1.807) is 6.20 Å². The fourth-order valence-electron chi connectivity index (χ4n) is 6.36. The van der Waals surface area contributed by atoms with Crippen LogP contribution in [0.4, 0.5) is 17.1 Å². The molecule has 5 heterocycles. The zero-order valence-corrected chi connectivity index (χ0v) is 25.8. The SMILES string of the molecule is [2H]C([2H])([2H])[N@+]12[CH-][N@+](c3[c-]c(Oc4[c-]c5c(cc4)c4ccccc4n5-c4ccccn4)ccc3)(C1)c1cc(C(C)(C)C)ccc12.[Pt]. The van der Waals surface area contributed by atoms with Gasteiger partial charge in [0.1, 0.15) is 5.82 Å². The average molecular weight is 734 g/mol. The number of para-hydroxylation sites is 1. The van der Waals surface area contributed by atoms with Crippen molar-refractivity contribution in [3.8, 4) is 17.3 Å². The predicted octanol–water partition coefficient (Wildman–Crippen LogP) is 8.55. The van der Waals surface area contributed by atoms with E-state index in [0.717, 1.165) is 50.2 Å². The second kappa shape index (κ2) is 9.37. The number of hydrogen-bond acceptors (Lipinski definition) is 2. The van der Waals surface area contributed by atoms with Crippen LogP contribution in [-0.2, 0) is 26.5 Å². The molecule has 2 bridgehead atoms. The quantitative estimate of drug-likeness (QED) is 0.134. The molecule has 6 aromatic rings. The zero-order chi connectivity index (χ0) is 30.5. The second-order valence-electron chi connectivity index (χ2n) is 12.1. The monoisotopic (exact) mass is 733 g/mol. The van der Waals surface area contributed by atoms with Crippen LogP contribution in [0.5, 0.6) is 11.5 Å². The van der Waals surface area contributed by atoms with Gasteiger partial charge in [0.05, 0.1) is 17.8 Å². The summed E-state index contributed by atoms with van der Waals surface area (Å²) in [5, 5.41) is 2.18. The molecule has 0 spiro atoms. The van der Waals surface area contributed by atoms with Gasteiger partial charge in [0.25, 0.3) is 0 Å². The number of ether oxygens (including phenoxy) is 1. The Kier molecular flexibility index (Phi) is 5.30. The molecule has 3 aliphatic rings. The van der Waals surface area contributed by atoms with Gasteiger partial charge in [0.15, 0.2) is 18.0 Å². The first kappa shape index (κ1) is 23.8. The van der Waals surface area contributed by atoms with Gasteiger partial charge >= 0.3 is 0 Å². The number of aromatic nitrogens is 2. The van der Waals surface area contributed by atoms with Gasteiger partial charge in [-0.15, -0.1) is 29.7 Å². The Balaban J connectivity index is 0.00000325. The van der Waals surface area contributed by atoms with Crippen LogP contribution in [0, 0.1) is 18.8 Å². The van der Waals surface area contributed by atoms with Crippen LogP contribution in [0.15, 0.2) is 97.2 Å². The minimum atomic E-state index is -2.21. The molecule has 1 saturated heterocycles. The minimum absolute atomic E-state index is 0. The number of quaternary nitrogens is 2. The fourth-order valence-corrected chi connectivity index (χ4v) is 6.36. The Bertz CT molecular complexity index is 2090. The number of hydrogen-bond donors (Lipinski definition) is 0. The van der Waals surface area contributed by atoms with Crippen molar-refractivity contribution in [2.45, 2.75) is 26.2 Å². The van der Waals surface area contributed by atoms with Crippen molar-refractivity contribution in [3.05, 3.63) is 122 Å². The van der Waals surface area contributed by atoms with Gasteiger partial charge in [0.2, 0.25) is 0 Å². The van der Waals surface area contributed by atoms with Crippen molar-refractivity contribution in [2.24, 2.45) is 0 Å². The summed E-state index contributed by atoms with van der Waals surface area (Å²) in [6, 6.07) is 37.2.